The summed E-state index contributed by atoms with van der Waals surface area (Å²) in [5.41, 5.74) is 0. The highest BCUT2D eigenvalue weighted by Crippen LogP contribution is 2.71. The molecule has 0 amide bonds. The van der Waals surface area contributed by atoms with E-state index in [1.54, 1.807) is 0 Å². The molecule has 3 aliphatic heterocycles. The van der Waals surface area contributed by atoms with Gasteiger partial charge in [0, 0.05) is 0 Å². The summed E-state index contributed by atoms with van der Waals surface area (Å²) < 4.78 is 15.1. The highest BCUT2D eigenvalue weighted by molar-refractivity contribution is 14.1. The van der Waals surface area contributed by atoms with Crippen LogP contribution in [0.2, 0.25) is 0 Å². The van der Waals surface area contributed by atoms with E-state index in [9.17, 15) is 0 Å². The quantitative estimate of drug-likeness (QED) is 0.337. The topological polar surface area (TPSA) is 34.3 Å². The minimum Gasteiger partial charge on any atom is -0.334 e. The third-order valence-electron chi connectivity index (χ3n) is 1.76. The van der Waals surface area contributed by atoms with E-state index in [2.05, 4.69) is 22.6 Å². The first-order valence-corrected chi connectivity index (χ1v) is 3.56. The Morgan fingerprint density at radius 2 is 2.50 bits per heavy atom. The second kappa shape index (κ2) is 0.865. The van der Waals surface area contributed by atoms with Gasteiger partial charge in [-0.2, -0.15) is 0 Å². The fourth-order valence-corrected chi connectivity index (χ4v) is 2.14. The number of hydrogen-bond acceptors (Lipinski definition) is 3. The van der Waals surface area contributed by atoms with Crippen molar-refractivity contribution in [2.45, 2.75) is 15.7 Å². The molecule has 3 fully saturated rings. The predicted molar refractivity (Wildman–Crippen MR) is 31.4 cm³/mol. The van der Waals surface area contributed by atoms with Crippen LogP contribution < -0.4 is 0 Å². The van der Waals surface area contributed by atoms with E-state index in [-0.39, 0.29) is 15.7 Å². The third kappa shape index (κ3) is 0.254. The summed E-state index contributed by atoms with van der Waals surface area (Å²) in [4.78, 5) is 0. The summed E-state index contributed by atoms with van der Waals surface area (Å²) in [6.07, 6.45) is 0.249. The standard InChI is InChI=1S/C4H3IO3/c5-4-3(8-4)2(7-3)1-6-4/h2H,1H2. The molecule has 44 valence electrons. The molecule has 0 aliphatic carbocycles. The van der Waals surface area contributed by atoms with E-state index < -0.39 is 0 Å². The molecule has 8 heavy (non-hydrogen) atoms. The molecule has 3 rings (SSSR count). The smallest absolute Gasteiger partial charge is 0.283 e. The van der Waals surface area contributed by atoms with E-state index in [0.717, 1.165) is 0 Å². The van der Waals surface area contributed by atoms with Gasteiger partial charge in [0.15, 0.2) is 0 Å². The number of ether oxygens (including phenoxy) is 3. The van der Waals surface area contributed by atoms with E-state index in [1.807, 2.05) is 0 Å². The molecule has 3 saturated heterocycles. The molecule has 0 N–H and O–H groups in total. The number of rotatable bonds is 0. The summed E-state index contributed by atoms with van der Waals surface area (Å²) >= 11 is 2.13. The largest absolute Gasteiger partial charge is 0.334 e. The van der Waals surface area contributed by atoms with Gasteiger partial charge in [-0.15, -0.1) is 0 Å². The van der Waals surface area contributed by atoms with Gasteiger partial charge < -0.3 is 9.47 Å². The minimum absolute atomic E-state index is 0.249. The van der Waals surface area contributed by atoms with Crippen LogP contribution in [0.1, 0.15) is 0 Å². The van der Waals surface area contributed by atoms with Gasteiger partial charge in [-0.3, -0.25) is 4.74 Å². The Morgan fingerprint density at radius 1 is 1.62 bits per heavy atom. The number of halogens is 1. The molecule has 0 radical (unpaired) electrons. The Bertz CT molecular complexity index is 164. The average molecular weight is 226 g/mol. The van der Waals surface area contributed by atoms with E-state index >= 15 is 0 Å². The lowest BCUT2D eigenvalue weighted by Gasteiger charge is -1.97. The third-order valence-corrected chi connectivity index (χ3v) is 3.05. The molecular formula is C4H3IO3. The van der Waals surface area contributed by atoms with Gasteiger partial charge in [0.05, 0.1) is 6.61 Å². The highest BCUT2D eigenvalue weighted by atomic mass is 127. The molecule has 4 heteroatoms. The molecule has 3 unspecified atom stereocenters. The molecule has 0 saturated carbocycles. The van der Waals surface area contributed by atoms with Gasteiger partial charge >= 0.3 is 0 Å². The van der Waals surface area contributed by atoms with Gasteiger partial charge in [-0.25, -0.2) is 0 Å². The predicted octanol–water partition coefficient (Wildman–Crippen LogP) is 0.231. The number of alkyl halides is 1. The van der Waals surface area contributed by atoms with E-state index in [1.165, 1.54) is 0 Å². The first-order valence-electron chi connectivity index (χ1n) is 2.48. The van der Waals surface area contributed by atoms with Crippen molar-refractivity contribution >= 4 is 22.6 Å². The van der Waals surface area contributed by atoms with Crippen molar-refractivity contribution in [3.05, 3.63) is 0 Å². The average Bonchev–Trinajstić information content (AvgIpc) is 2.49. The minimum atomic E-state index is -0.380. The van der Waals surface area contributed by atoms with Crippen LogP contribution >= 0.6 is 22.6 Å². The zero-order valence-electron chi connectivity index (χ0n) is 3.89. The first kappa shape index (κ1) is 4.43. The zero-order valence-corrected chi connectivity index (χ0v) is 6.04. The van der Waals surface area contributed by atoms with Gasteiger partial charge in [0.1, 0.15) is 6.10 Å². The fraction of sp³-hybridized carbons (Fsp3) is 1.00. The summed E-state index contributed by atoms with van der Waals surface area (Å²) in [6.45, 7) is 0.711. The van der Waals surface area contributed by atoms with Gasteiger partial charge in [-0.1, -0.05) is 0 Å². The molecule has 3 atom stereocenters. The summed E-state index contributed by atoms with van der Waals surface area (Å²) in [6, 6.07) is 0. The molecule has 0 aromatic rings. The molecule has 3 heterocycles. The molecule has 0 aromatic heterocycles. The van der Waals surface area contributed by atoms with Crippen LogP contribution in [0.15, 0.2) is 0 Å². The van der Waals surface area contributed by atoms with Crippen molar-refractivity contribution in [1.82, 2.24) is 0 Å². The normalized spacial score (nSPS) is 73.9. The molecule has 1 spiro atoms. The maximum Gasteiger partial charge on any atom is 0.283 e. The van der Waals surface area contributed by atoms with Crippen LogP contribution in [0.25, 0.3) is 0 Å². The molecule has 3 nitrogen and oxygen atoms in total. The second-order valence-corrected chi connectivity index (χ2v) is 3.64. The maximum atomic E-state index is 5.21. The SMILES string of the molecule is IC12OCC3OC31O2. The lowest BCUT2D eigenvalue weighted by Crippen LogP contribution is -2.05. The zero-order chi connectivity index (χ0) is 5.41. The van der Waals surface area contributed by atoms with Crippen molar-refractivity contribution < 1.29 is 14.2 Å². The van der Waals surface area contributed by atoms with E-state index in [0.29, 0.717) is 6.61 Å². The van der Waals surface area contributed by atoms with Crippen LogP contribution in [-0.2, 0) is 14.2 Å². The van der Waals surface area contributed by atoms with Crippen LogP contribution in [0.5, 0.6) is 0 Å². The van der Waals surface area contributed by atoms with Crippen molar-refractivity contribution in [3.8, 4) is 0 Å². The first-order chi connectivity index (χ1) is 3.77. The van der Waals surface area contributed by atoms with Crippen LogP contribution in [0.3, 0.4) is 0 Å². The highest BCUT2D eigenvalue weighted by Gasteiger charge is 2.91. The Morgan fingerprint density at radius 3 is 2.62 bits per heavy atom. The van der Waals surface area contributed by atoms with Crippen molar-refractivity contribution in [2.24, 2.45) is 0 Å². The second-order valence-electron chi connectivity index (χ2n) is 2.22. The monoisotopic (exact) mass is 226 g/mol. The van der Waals surface area contributed by atoms with Crippen LogP contribution in [0.4, 0.5) is 0 Å². The Kier molecular flexibility index (Phi) is 0.479. The van der Waals surface area contributed by atoms with E-state index in [4.69, 9.17) is 14.2 Å². The van der Waals surface area contributed by atoms with Crippen LogP contribution in [0, 0.1) is 0 Å². The lowest BCUT2D eigenvalue weighted by atomic mass is 10.4. The van der Waals surface area contributed by atoms with Crippen molar-refractivity contribution in [1.29, 1.82) is 0 Å². The molecular weight excluding hydrogens is 223 g/mol. The summed E-state index contributed by atoms with van der Waals surface area (Å²) in [7, 11) is 0. The molecule has 3 aliphatic rings. The van der Waals surface area contributed by atoms with Gasteiger partial charge in [-0.05, 0) is 22.6 Å². The summed E-state index contributed by atoms with van der Waals surface area (Å²) in [5.74, 6) is -0.270. The van der Waals surface area contributed by atoms with Crippen LogP contribution in [-0.4, -0.2) is 22.3 Å². The Hall–Kier alpha value is 0.610. The van der Waals surface area contributed by atoms with Gasteiger partial charge in [0.2, 0.25) is 0 Å². The van der Waals surface area contributed by atoms with Crippen molar-refractivity contribution in [2.75, 3.05) is 6.61 Å². The maximum absolute atomic E-state index is 5.21. The Balaban J connectivity index is 2.12. The van der Waals surface area contributed by atoms with Gasteiger partial charge in [0.25, 0.3) is 9.58 Å². The molecule has 0 aromatic carbocycles. The molecule has 0 bridgehead atoms. The lowest BCUT2D eigenvalue weighted by molar-refractivity contribution is 0.0285. The Labute approximate surface area is 59.4 Å². The summed E-state index contributed by atoms with van der Waals surface area (Å²) in [5, 5.41) is 0. The fourth-order valence-electron chi connectivity index (χ4n) is 1.16. The number of hydrogen-bond donors (Lipinski definition) is 0. The number of epoxide rings is 2. The van der Waals surface area contributed by atoms with Crippen molar-refractivity contribution in [3.63, 3.8) is 0 Å².